The number of hydrogen-bond acceptors (Lipinski definition) is 4. The van der Waals surface area contributed by atoms with Crippen LogP contribution >= 0.6 is 0 Å². The smallest absolute Gasteiger partial charge is 0.256 e. The number of nitrogens with one attached hydrogen (secondary N) is 2. The number of rotatable bonds is 6. The van der Waals surface area contributed by atoms with E-state index in [1.165, 1.54) is 30.8 Å². The van der Waals surface area contributed by atoms with Crippen LogP contribution in [0.15, 0.2) is 29.2 Å². The first kappa shape index (κ1) is 18.5. The minimum atomic E-state index is -0.849. The minimum absolute atomic E-state index is 0.0216. The van der Waals surface area contributed by atoms with Gasteiger partial charge >= 0.3 is 0 Å². The average molecular weight is 362 g/mol. The van der Waals surface area contributed by atoms with Gasteiger partial charge in [-0.1, -0.05) is 25.3 Å². The molecule has 6 nitrogen and oxygen atoms in total. The van der Waals surface area contributed by atoms with Crippen LogP contribution in [0.25, 0.3) is 10.9 Å². The lowest BCUT2D eigenvalue weighted by atomic mass is 9.98. The molecule has 0 radical (unpaired) electrons. The van der Waals surface area contributed by atoms with Crippen molar-refractivity contribution in [3.05, 3.63) is 46.0 Å². The summed E-state index contributed by atoms with van der Waals surface area (Å²) in [6.07, 6.45) is 6.03. The molecule has 1 heterocycles. The van der Waals surface area contributed by atoms with E-state index in [-0.39, 0.29) is 35.7 Å². The van der Waals surface area contributed by atoms with Crippen molar-refractivity contribution in [2.24, 2.45) is 0 Å². The number of carbonyl (C=O) groups excluding carboxylic acids is 1. The van der Waals surface area contributed by atoms with Crippen molar-refractivity contribution in [2.45, 2.75) is 44.3 Å². The Labute approximate surface area is 150 Å². The topological polar surface area (TPSA) is 91.4 Å². The molecule has 1 amide bonds. The van der Waals surface area contributed by atoms with E-state index >= 15 is 0 Å². The number of fused-ring (bicyclic) bond motifs is 1. The zero-order valence-electron chi connectivity index (χ0n) is 14.5. The SMILES string of the molecule is O=C(NCC(O)COC1CCCCC1)c1c[nH]c2c(F)cccc2c1=O. The number of aliphatic hydroxyl groups excluding tert-OH is 1. The summed E-state index contributed by atoms with van der Waals surface area (Å²) in [5.74, 6) is -1.17. The van der Waals surface area contributed by atoms with Gasteiger partial charge in [-0.15, -0.1) is 0 Å². The van der Waals surface area contributed by atoms with Gasteiger partial charge in [0, 0.05) is 18.1 Å². The van der Waals surface area contributed by atoms with Crippen molar-refractivity contribution in [1.29, 1.82) is 0 Å². The number of H-pyrrole nitrogens is 1. The van der Waals surface area contributed by atoms with Crippen molar-refractivity contribution in [1.82, 2.24) is 10.3 Å². The number of para-hydroxylation sites is 1. The van der Waals surface area contributed by atoms with Crippen LogP contribution in [0, 0.1) is 5.82 Å². The number of hydrogen-bond donors (Lipinski definition) is 3. The molecule has 2 aromatic rings. The molecule has 140 valence electrons. The molecule has 26 heavy (non-hydrogen) atoms. The van der Waals surface area contributed by atoms with Crippen LogP contribution in [0.1, 0.15) is 42.5 Å². The van der Waals surface area contributed by atoms with Gasteiger partial charge in [-0.05, 0) is 25.0 Å². The molecule has 1 unspecified atom stereocenters. The summed E-state index contributed by atoms with van der Waals surface area (Å²) in [4.78, 5) is 27.2. The summed E-state index contributed by atoms with van der Waals surface area (Å²) in [6, 6.07) is 4.11. The molecule has 1 aromatic heterocycles. The van der Waals surface area contributed by atoms with Crippen LogP contribution in [-0.2, 0) is 4.74 Å². The Morgan fingerprint density at radius 2 is 2.12 bits per heavy atom. The minimum Gasteiger partial charge on any atom is -0.389 e. The van der Waals surface area contributed by atoms with Crippen molar-refractivity contribution in [3.63, 3.8) is 0 Å². The maximum atomic E-state index is 13.7. The average Bonchev–Trinajstić information content (AvgIpc) is 2.66. The van der Waals surface area contributed by atoms with Gasteiger partial charge in [-0.3, -0.25) is 9.59 Å². The number of aromatic amines is 1. The van der Waals surface area contributed by atoms with E-state index < -0.39 is 23.3 Å². The molecule has 0 aliphatic heterocycles. The summed E-state index contributed by atoms with van der Waals surface area (Å²) in [6.45, 7) is 0.121. The number of ether oxygens (including phenoxy) is 1. The maximum Gasteiger partial charge on any atom is 0.256 e. The Balaban J connectivity index is 1.57. The highest BCUT2D eigenvalue weighted by atomic mass is 19.1. The highest BCUT2D eigenvalue weighted by Gasteiger charge is 2.18. The molecule has 3 rings (SSSR count). The third-order valence-corrected chi connectivity index (χ3v) is 4.68. The molecule has 1 saturated carbocycles. The number of carbonyl (C=O) groups is 1. The van der Waals surface area contributed by atoms with Gasteiger partial charge in [0.25, 0.3) is 5.91 Å². The van der Waals surface area contributed by atoms with E-state index in [0.29, 0.717) is 0 Å². The van der Waals surface area contributed by atoms with E-state index in [4.69, 9.17) is 4.74 Å². The molecule has 1 fully saturated rings. The lowest BCUT2D eigenvalue weighted by Crippen LogP contribution is -2.37. The first-order chi connectivity index (χ1) is 12.6. The van der Waals surface area contributed by atoms with Gasteiger partial charge in [0.15, 0.2) is 0 Å². The van der Waals surface area contributed by atoms with Crippen LogP contribution in [0.5, 0.6) is 0 Å². The maximum absolute atomic E-state index is 13.7. The van der Waals surface area contributed by atoms with Crippen LogP contribution in [0.3, 0.4) is 0 Å². The van der Waals surface area contributed by atoms with E-state index in [1.54, 1.807) is 0 Å². The predicted octanol–water partition coefficient (Wildman–Crippen LogP) is 2.11. The second-order valence-electron chi connectivity index (χ2n) is 6.65. The largest absolute Gasteiger partial charge is 0.389 e. The van der Waals surface area contributed by atoms with Gasteiger partial charge in [-0.25, -0.2) is 4.39 Å². The molecule has 1 aliphatic carbocycles. The number of benzene rings is 1. The summed E-state index contributed by atoms with van der Waals surface area (Å²) in [5, 5.41) is 12.6. The third-order valence-electron chi connectivity index (χ3n) is 4.68. The predicted molar refractivity (Wildman–Crippen MR) is 95.7 cm³/mol. The molecule has 3 N–H and O–H groups in total. The summed E-state index contributed by atoms with van der Waals surface area (Å²) < 4.78 is 19.3. The Morgan fingerprint density at radius 3 is 2.88 bits per heavy atom. The van der Waals surface area contributed by atoms with Gasteiger partial charge in [-0.2, -0.15) is 0 Å². The molecule has 0 spiro atoms. The normalized spacial score (nSPS) is 16.5. The molecule has 1 atom stereocenters. The van der Waals surface area contributed by atoms with E-state index in [2.05, 4.69) is 10.3 Å². The Kier molecular flexibility index (Phi) is 6.00. The van der Waals surface area contributed by atoms with E-state index in [1.807, 2.05) is 0 Å². The molecule has 0 saturated heterocycles. The fourth-order valence-corrected chi connectivity index (χ4v) is 3.23. The highest BCUT2D eigenvalue weighted by Crippen LogP contribution is 2.20. The number of halogens is 1. The quantitative estimate of drug-likeness (QED) is 0.734. The highest BCUT2D eigenvalue weighted by molar-refractivity contribution is 5.97. The fraction of sp³-hybridized carbons (Fsp3) is 0.474. The summed E-state index contributed by atoms with van der Waals surface area (Å²) >= 11 is 0. The molecule has 0 bridgehead atoms. The summed E-state index contributed by atoms with van der Waals surface area (Å²) in [7, 11) is 0. The fourth-order valence-electron chi connectivity index (χ4n) is 3.23. The zero-order chi connectivity index (χ0) is 18.5. The molecule has 1 aliphatic rings. The third kappa shape index (κ3) is 4.28. The van der Waals surface area contributed by atoms with Crippen LogP contribution in [0.2, 0.25) is 0 Å². The molecular formula is C19H23FN2O4. The van der Waals surface area contributed by atoms with Crippen molar-refractivity contribution in [2.75, 3.05) is 13.2 Å². The Bertz CT molecular complexity index is 830. The lowest BCUT2D eigenvalue weighted by Gasteiger charge is -2.23. The Morgan fingerprint density at radius 1 is 1.35 bits per heavy atom. The van der Waals surface area contributed by atoms with Crippen LogP contribution < -0.4 is 10.7 Å². The first-order valence-electron chi connectivity index (χ1n) is 8.94. The Hall–Kier alpha value is -2.25. The van der Waals surface area contributed by atoms with E-state index in [0.717, 1.165) is 25.7 Å². The zero-order valence-corrected chi connectivity index (χ0v) is 14.5. The monoisotopic (exact) mass is 362 g/mol. The van der Waals surface area contributed by atoms with Gasteiger partial charge in [0.05, 0.1) is 24.3 Å². The van der Waals surface area contributed by atoms with Crippen LogP contribution in [0.4, 0.5) is 4.39 Å². The van der Waals surface area contributed by atoms with Gasteiger partial charge in [0.1, 0.15) is 11.4 Å². The van der Waals surface area contributed by atoms with Crippen molar-refractivity contribution in [3.8, 4) is 0 Å². The van der Waals surface area contributed by atoms with Gasteiger partial charge in [0.2, 0.25) is 5.43 Å². The van der Waals surface area contributed by atoms with Crippen molar-refractivity contribution >= 4 is 16.8 Å². The lowest BCUT2D eigenvalue weighted by molar-refractivity contribution is -0.0225. The molecule has 7 heteroatoms. The molecule has 1 aromatic carbocycles. The number of amides is 1. The first-order valence-corrected chi connectivity index (χ1v) is 8.94. The van der Waals surface area contributed by atoms with Crippen LogP contribution in [-0.4, -0.2) is 41.4 Å². The number of pyridine rings is 1. The second kappa shape index (κ2) is 8.42. The molecular weight excluding hydrogens is 339 g/mol. The standard InChI is InChI=1S/C19H23FN2O4/c20-16-8-4-7-14-17(16)21-10-15(18(14)24)19(25)22-9-12(23)11-26-13-5-2-1-3-6-13/h4,7-8,10,12-13,23H,1-3,5-6,9,11H2,(H,21,24)(H,22,25). The van der Waals surface area contributed by atoms with E-state index in [9.17, 15) is 19.1 Å². The van der Waals surface area contributed by atoms with Crippen molar-refractivity contribution < 1.29 is 19.0 Å². The second-order valence-corrected chi connectivity index (χ2v) is 6.65. The summed E-state index contributed by atoms with van der Waals surface area (Å²) in [5.41, 5.74) is -0.609. The number of aromatic nitrogens is 1. The number of aliphatic hydroxyl groups is 1. The van der Waals surface area contributed by atoms with Gasteiger partial charge < -0.3 is 20.1 Å².